The Bertz CT molecular complexity index is 246. The molecule has 17 heavy (non-hydrogen) atoms. The molecule has 3 aliphatic rings. The summed E-state index contributed by atoms with van der Waals surface area (Å²) in [6, 6.07) is 0.702. The molecule has 2 N–H and O–H groups in total. The van der Waals surface area contributed by atoms with Crippen molar-refractivity contribution < 1.29 is 0 Å². The van der Waals surface area contributed by atoms with Crippen molar-refractivity contribution in [3.63, 3.8) is 0 Å². The summed E-state index contributed by atoms with van der Waals surface area (Å²) in [4.78, 5) is 2.72. The molecule has 2 aliphatic carbocycles. The smallest absolute Gasteiger partial charge is 0.0218 e. The van der Waals surface area contributed by atoms with Gasteiger partial charge in [0.25, 0.3) is 0 Å². The van der Waals surface area contributed by atoms with Crippen LogP contribution in [0.1, 0.15) is 44.9 Å². The van der Waals surface area contributed by atoms with Crippen molar-refractivity contribution in [3.05, 3.63) is 0 Å². The van der Waals surface area contributed by atoms with Gasteiger partial charge >= 0.3 is 0 Å². The van der Waals surface area contributed by atoms with Crippen LogP contribution in [0.4, 0.5) is 0 Å². The third kappa shape index (κ3) is 2.80. The summed E-state index contributed by atoms with van der Waals surface area (Å²) in [5.41, 5.74) is 5.90. The lowest BCUT2D eigenvalue weighted by atomic mass is 9.87. The molecule has 1 aliphatic heterocycles. The first-order valence-corrected chi connectivity index (χ1v) is 7.31. The van der Waals surface area contributed by atoms with E-state index < -0.39 is 0 Å². The Hall–Kier alpha value is 0.210. The van der Waals surface area contributed by atoms with Crippen LogP contribution in [0.5, 0.6) is 0 Å². The highest BCUT2D eigenvalue weighted by Gasteiger charge is 2.40. The topological polar surface area (TPSA) is 29.3 Å². The summed E-state index contributed by atoms with van der Waals surface area (Å²) in [7, 11) is 0. The van der Waals surface area contributed by atoms with Gasteiger partial charge in [-0.2, -0.15) is 0 Å². The standard InChI is InChI=1S/C14H26N2.ClH/c15-9-14-3-1-2-6-16(14)10-13-8-11-4-5-12(13)7-11;/h11-14H,1-10,15H2;1H. The molecular weight excluding hydrogens is 232 g/mol. The number of nitrogens with zero attached hydrogens (tertiary/aromatic N) is 1. The van der Waals surface area contributed by atoms with Gasteiger partial charge < -0.3 is 5.73 Å². The van der Waals surface area contributed by atoms with Crippen LogP contribution < -0.4 is 5.73 Å². The van der Waals surface area contributed by atoms with Gasteiger partial charge in [-0.05, 0) is 56.4 Å². The molecule has 100 valence electrons. The van der Waals surface area contributed by atoms with Crippen molar-refractivity contribution in [2.24, 2.45) is 23.5 Å². The SMILES string of the molecule is Cl.NCC1CCCCN1CC1CC2CCC1C2. The fourth-order valence-corrected chi connectivity index (χ4v) is 4.47. The number of likely N-dealkylation sites (tertiary alicyclic amines) is 1. The van der Waals surface area contributed by atoms with Crippen LogP contribution in [0, 0.1) is 17.8 Å². The van der Waals surface area contributed by atoms with Crippen LogP contribution >= 0.6 is 12.4 Å². The van der Waals surface area contributed by atoms with Crippen molar-refractivity contribution in [2.75, 3.05) is 19.6 Å². The number of halogens is 1. The zero-order valence-electron chi connectivity index (χ0n) is 10.8. The monoisotopic (exact) mass is 258 g/mol. The molecule has 0 amide bonds. The molecule has 1 saturated heterocycles. The molecule has 0 aromatic rings. The highest BCUT2D eigenvalue weighted by Crippen LogP contribution is 2.48. The van der Waals surface area contributed by atoms with Crippen LogP contribution in [0.2, 0.25) is 0 Å². The van der Waals surface area contributed by atoms with Crippen LogP contribution in [-0.4, -0.2) is 30.6 Å². The summed E-state index contributed by atoms with van der Waals surface area (Å²) in [6.45, 7) is 3.56. The van der Waals surface area contributed by atoms with Crippen molar-refractivity contribution in [3.8, 4) is 0 Å². The number of nitrogens with two attached hydrogens (primary N) is 1. The first kappa shape index (κ1) is 13.6. The van der Waals surface area contributed by atoms with Crippen molar-refractivity contribution in [1.29, 1.82) is 0 Å². The summed E-state index contributed by atoms with van der Waals surface area (Å²) in [5.74, 6) is 3.19. The van der Waals surface area contributed by atoms with Crippen molar-refractivity contribution in [2.45, 2.75) is 51.0 Å². The minimum atomic E-state index is 0. The molecule has 3 fully saturated rings. The average Bonchev–Trinajstić information content (AvgIpc) is 2.92. The Morgan fingerprint density at radius 2 is 1.94 bits per heavy atom. The molecule has 4 unspecified atom stereocenters. The van der Waals surface area contributed by atoms with E-state index in [9.17, 15) is 0 Å². The maximum atomic E-state index is 5.90. The van der Waals surface area contributed by atoms with E-state index >= 15 is 0 Å². The minimum Gasteiger partial charge on any atom is -0.329 e. The number of piperidine rings is 1. The van der Waals surface area contributed by atoms with E-state index in [1.807, 2.05) is 0 Å². The molecule has 2 bridgehead atoms. The Kier molecular flexibility index (Phi) is 4.73. The molecule has 2 nitrogen and oxygen atoms in total. The highest BCUT2D eigenvalue weighted by molar-refractivity contribution is 5.85. The molecular formula is C14H27ClN2. The van der Waals surface area contributed by atoms with Gasteiger partial charge in [0.2, 0.25) is 0 Å². The van der Waals surface area contributed by atoms with Crippen LogP contribution in [0.15, 0.2) is 0 Å². The molecule has 3 rings (SSSR count). The van der Waals surface area contributed by atoms with Crippen molar-refractivity contribution >= 4 is 12.4 Å². The number of hydrogen-bond donors (Lipinski definition) is 1. The number of hydrogen-bond acceptors (Lipinski definition) is 2. The highest BCUT2D eigenvalue weighted by atomic mass is 35.5. The Morgan fingerprint density at radius 3 is 2.59 bits per heavy atom. The molecule has 2 saturated carbocycles. The van der Waals surface area contributed by atoms with Gasteiger partial charge in [-0.25, -0.2) is 0 Å². The summed E-state index contributed by atoms with van der Waals surface area (Å²) < 4.78 is 0. The van der Waals surface area contributed by atoms with E-state index in [2.05, 4.69) is 4.90 Å². The van der Waals surface area contributed by atoms with Gasteiger partial charge in [0.1, 0.15) is 0 Å². The molecule has 4 atom stereocenters. The lowest BCUT2D eigenvalue weighted by Gasteiger charge is -2.38. The van der Waals surface area contributed by atoms with Gasteiger partial charge in [0.15, 0.2) is 0 Å². The van der Waals surface area contributed by atoms with E-state index in [4.69, 9.17) is 5.73 Å². The summed E-state index contributed by atoms with van der Waals surface area (Å²) in [5, 5.41) is 0. The maximum absolute atomic E-state index is 5.90. The largest absolute Gasteiger partial charge is 0.329 e. The molecule has 0 aromatic carbocycles. The second-order valence-electron chi connectivity index (χ2n) is 6.32. The predicted octanol–water partition coefficient (Wildman–Crippen LogP) is 2.66. The van der Waals surface area contributed by atoms with E-state index in [1.165, 1.54) is 51.6 Å². The van der Waals surface area contributed by atoms with Crippen molar-refractivity contribution in [1.82, 2.24) is 4.90 Å². The van der Waals surface area contributed by atoms with Crippen LogP contribution in [0.3, 0.4) is 0 Å². The lowest BCUT2D eigenvalue weighted by molar-refractivity contribution is 0.111. The fraction of sp³-hybridized carbons (Fsp3) is 1.00. The van der Waals surface area contributed by atoms with Crippen LogP contribution in [0.25, 0.3) is 0 Å². The summed E-state index contributed by atoms with van der Waals surface area (Å²) in [6.07, 6.45) is 10.3. The normalized spacial score (nSPS) is 41.5. The van der Waals surface area contributed by atoms with Crippen LogP contribution in [-0.2, 0) is 0 Å². The number of fused-ring (bicyclic) bond motifs is 2. The predicted molar refractivity (Wildman–Crippen MR) is 74.5 cm³/mol. The van der Waals surface area contributed by atoms with Gasteiger partial charge in [-0.15, -0.1) is 12.4 Å². The Balaban J connectivity index is 0.00000108. The van der Waals surface area contributed by atoms with E-state index in [0.29, 0.717) is 6.04 Å². The first-order chi connectivity index (χ1) is 7.86. The third-order valence-electron chi connectivity index (χ3n) is 5.37. The average molecular weight is 259 g/mol. The quantitative estimate of drug-likeness (QED) is 0.843. The van der Waals surface area contributed by atoms with Gasteiger partial charge in [-0.3, -0.25) is 4.90 Å². The Morgan fingerprint density at radius 1 is 1.06 bits per heavy atom. The summed E-state index contributed by atoms with van der Waals surface area (Å²) >= 11 is 0. The Labute approximate surface area is 112 Å². The molecule has 1 heterocycles. The van der Waals surface area contributed by atoms with Gasteiger partial charge in [0.05, 0.1) is 0 Å². The maximum Gasteiger partial charge on any atom is 0.0218 e. The molecule has 3 heteroatoms. The lowest BCUT2D eigenvalue weighted by Crippen LogP contribution is -2.46. The van der Waals surface area contributed by atoms with E-state index in [0.717, 1.165) is 24.3 Å². The van der Waals surface area contributed by atoms with Gasteiger partial charge in [0, 0.05) is 19.1 Å². The number of rotatable bonds is 3. The zero-order valence-corrected chi connectivity index (χ0v) is 11.6. The molecule has 0 aromatic heterocycles. The van der Waals surface area contributed by atoms with E-state index in [-0.39, 0.29) is 12.4 Å². The molecule has 0 radical (unpaired) electrons. The second kappa shape index (κ2) is 5.90. The third-order valence-corrected chi connectivity index (χ3v) is 5.37. The van der Waals surface area contributed by atoms with E-state index in [1.54, 1.807) is 6.42 Å². The fourth-order valence-electron chi connectivity index (χ4n) is 4.47. The van der Waals surface area contributed by atoms with Gasteiger partial charge in [-0.1, -0.05) is 12.8 Å². The molecule has 0 spiro atoms. The first-order valence-electron chi connectivity index (χ1n) is 7.31. The zero-order chi connectivity index (χ0) is 11.0. The minimum absolute atomic E-state index is 0. The second-order valence-corrected chi connectivity index (χ2v) is 6.32.